The van der Waals surface area contributed by atoms with E-state index in [-0.39, 0.29) is 0 Å². The third kappa shape index (κ3) is 3.25. The molecule has 4 nitrogen and oxygen atoms in total. The van der Waals surface area contributed by atoms with E-state index >= 15 is 0 Å². The number of aromatic amines is 1. The van der Waals surface area contributed by atoms with Crippen LogP contribution in [-0.4, -0.2) is 27.4 Å². The Balaban J connectivity index is 2.29. The van der Waals surface area contributed by atoms with Crippen molar-refractivity contribution in [3.05, 3.63) is 4.77 Å². The smallest absolute Gasteiger partial charge is 0.226 e. The van der Waals surface area contributed by atoms with E-state index in [1.165, 1.54) is 38.5 Å². The molecule has 114 valence electrons. The lowest BCUT2D eigenvalue weighted by Gasteiger charge is -2.30. The van der Waals surface area contributed by atoms with Crippen molar-refractivity contribution in [3.8, 4) is 0 Å². The molecule has 1 aliphatic rings. The van der Waals surface area contributed by atoms with Crippen molar-refractivity contribution in [1.82, 2.24) is 14.8 Å². The van der Waals surface area contributed by atoms with Gasteiger partial charge in [-0.2, -0.15) is 0 Å². The van der Waals surface area contributed by atoms with E-state index in [0.717, 1.165) is 23.7 Å². The molecule has 0 saturated heterocycles. The van der Waals surface area contributed by atoms with Crippen molar-refractivity contribution in [1.29, 1.82) is 0 Å². The number of anilines is 1. The first-order valence-electron chi connectivity index (χ1n) is 8.12. The summed E-state index contributed by atoms with van der Waals surface area (Å²) >= 11 is 5.48. The molecule has 2 rings (SSSR count). The molecule has 0 bridgehead atoms. The molecule has 0 aliphatic heterocycles. The molecule has 0 amide bonds. The minimum Gasteiger partial charge on any atom is -0.338 e. The number of hydrogen-bond acceptors (Lipinski definition) is 3. The van der Waals surface area contributed by atoms with Crippen molar-refractivity contribution in [2.45, 2.75) is 77.8 Å². The Morgan fingerprint density at radius 3 is 2.70 bits per heavy atom. The van der Waals surface area contributed by atoms with Crippen molar-refractivity contribution >= 4 is 18.2 Å². The number of unbranched alkanes of at least 4 members (excludes halogenated alkanes) is 1. The predicted molar refractivity (Wildman–Crippen MR) is 86.9 cm³/mol. The van der Waals surface area contributed by atoms with Gasteiger partial charge in [0.2, 0.25) is 5.95 Å². The normalized spacial score (nSPS) is 17.6. The van der Waals surface area contributed by atoms with Crippen LogP contribution < -0.4 is 4.90 Å². The lowest BCUT2D eigenvalue weighted by Crippen LogP contribution is -2.36. The number of aromatic nitrogens is 3. The summed E-state index contributed by atoms with van der Waals surface area (Å²) in [5.41, 5.74) is 0. The second-order valence-electron chi connectivity index (χ2n) is 5.94. The monoisotopic (exact) mass is 296 g/mol. The first kappa shape index (κ1) is 15.5. The van der Waals surface area contributed by atoms with Gasteiger partial charge in [0.05, 0.1) is 0 Å². The summed E-state index contributed by atoms with van der Waals surface area (Å²) in [7, 11) is 0. The van der Waals surface area contributed by atoms with Crippen LogP contribution in [0, 0.1) is 4.77 Å². The van der Waals surface area contributed by atoms with Gasteiger partial charge in [-0.15, -0.1) is 5.10 Å². The van der Waals surface area contributed by atoms with Gasteiger partial charge in [-0.3, -0.25) is 4.57 Å². The maximum Gasteiger partial charge on any atom is 0.226 e. The maximum absolute atomic E-state index is 5.48. The Morgan fingerprint density at radius 1 is 1.40 bits per heavy atom. The molecule has 1 saturated carbocycles. The van der Waals surface area contributed by atoms with Crippen LogP contribution in [-0.2, 0) is 0 Å². The summed E-state index contributed by atoms with van der Waals surface area (Å²) < 4.78 is 3.07. The molecule has 0 radical (unpaired) electrons. The average molecular weight is 296 g/mol. The highest BCUT2D eigenvalue weighted by atomic mass is 32.1. The van der Waals surface area contributed by atoms with Gasteiger partial charge in [-0.25, -0.2) is 5.10 Å². The third-order valence-corrected chi connectivity index (χ3v) is 4.80. The van der Waals surface area contributed by atoms with Crippen LogP contribution in [0.15, 0.2) is 0 Å². The van der Waals surface area contributed by atoms with Crippen molar-refractivity contribution in [2.75, 3.05) is 11.4 Å². The molecule has 5 heteroatoms. The molecule has 1 atom stereocenters. The standard InChI is InChI=1S/C15H28N4S/c1-4-6-11-18(12(3)5-2)14-16-17-15(20)19(14)13-9-7-8-10-13/h12-13H,4-11H2,1-3H3,(H,17,20). The van der Waals surface area contributed by atoms with Gasteiger partial charge in [0, 0.05) is 18.6 Å². The SMILES string of the molecule is CCCCN(c1n[nH]c(=S)n1C1CCCC1)C(C)CC. The first-order chi connectivity index (χ1) is 9.69. The molecule has 0 spiro atoms. The van der Waals surface area contributed by atoms with Gasteiger partial charge in [-0.05, 0) is 44.8 Å². The van der Waals surface area contributed by atoms with Crippen LogP contribution in [0.2, 0.25) is 0 Å². The lowest BCUT2D eigenvalue weighted by atomic mass is 10.2. The summed E-state index contributed by atoms with van der Waals surface area (Å²) in [5, 5.41) is 7.58. The van der Waals surface area contributed by atoms with Crippen molar-refractivity contribution in [2.24, 2.45) is 0 Å². The molecular formula is C15H28N4S. The molecule has 0 aromatic carbocycles. The Kier molecular flexibility index (Phi) is 5.64. The molecular weight excluding hydrogens is 268 g/mol. The van der Waals surface area contributed by atoms with E-state index in [0.29, 0.717) is 12.1 Å². The van der Waals surface area contributed by atoms with E-state index in [1.54, 1.807) is 0 Å². The van der Waals surface area contributed by atoms with Gasteiger partial charge >= 0.3 is 0 Å². The molecule has 1 fully saturated rings. The first-order valence-corrected chi connectivity index (χ1v) is 8.53. The van der Waals surface area contributed by atoms with Crippen LogP contribution >= 0.6 is 12.2 Å². The van der Waals surface area contributed by atoms with Crippen molar-refractivity contribution < 1.29 is 0 Å². The highest BCUT2D eigenvalue weighted by molar-refractivity contribution is 7.71. The Bertz CT molecular complexity index is 459. The molecule has 1 aromatic rings. The highest BCUT2D eigenvalue weighted by Gasteiger charge is 2.25. The largest absolute Gasteiger partial charge is 0.338 e. The third-order valence-electron chi connectivity index (χ3n) is 4.51. The van der Waals surface area contributed by atoms with E-state index in [2.05, 4.69) is 40.4 Å². The summed E-state index contributed by atoms with van der Waals surface area (Å²) in [4.78, 5) is 2.44. The zero-order chi connectivity index (χ0) is 14.5. The number of hydrogen-bond donors (Lipinski definition) is 1. The summed E-state index contributed by atoms with van der Waals surface area (Å²) in [6, 6.07) is 1.05. The van der Waals surface area contributed by atoms with Gasteiger partial charge < -0.3 is 4.90 Å². The van der Waals surface area contributed by atoms with Crippen LogP contribution in [0.3, 0.4) is 0 Å². The number of nitrogens with zero attached hydrogens (tertiary/aromatic N) is 3. The quantitative estimate of drug-likeness (QED) is 0.755. The van der Waals surface area contributed by atoms with Crippen LogP contribution in [0.25, 0.3) is 0 Å². The van der Waals surface area contributed by atoms with Gasteiger partial charge in [0.1, 0.15) is 0 Å². The minimum atomic E-state index is 0.506. The van der Waals surface area contributed by atoms with Crippen molar-refractivity contribution in [3.63, 3.8) is 0 Å². The van der Waals surface area contributed by atoms with Crippen LogP contribution in [0.5, 0.6) is 0 Å². The zero-order valence-corrected chi connectivity index (χ0v) is 13.9. The Hall–Kier alpha value is -0.840. The maximum atomic E-state index is 5.48. The second-order valence-corrected chi connectivity index (χ2v) is 6.33. The van der Waals surface area contributed by atoms with Crippen LogP contribution in [0.4, 0.5) is 5.95 Å². The summed E-state index contributed by atoms with van der Waals surface area (Å²) in [5.74, 6) is 1.06. The van der Waals surface area contributed by atoms with Gasteiger partial charge in [0.15, 0.2) is 4.77 Å². The van der Waals surface area contributed by atoms with E-state index < -0.39 is 0 Å². The topological polar surface area (TPSA) is 36.9 Å². The van der Waals surface area contributed by atoms with E-state index in [1.807, 2.05) is 0 Å². The summed E-state index contributed by atoms with van der Waals surface area (Å²) in [6.45, 7) is 7.83. The molecule has 1 N–H and O–H groups in total. The molecule has 1 unspecified atom stereocenters. The van der Waals surface area contributed by atoms with E-state index in [9.17, 15) is 0 Å². The lowest BCUT2D eigenvalue weighted by molar-refractivity contribution is 0.489. The molecule has 20 heavy (non-hydrogen) atoms. The Morgan fingerprint density at radius 2 is 2.10 bits per heavy atom. The summed E-state index contributed by atoms with van der Waals surface area (Å²) in [6.07, 6.45) is 8.65. The number of nitrogens with one attached hydrogen (secondary N) is 1. The van der Waals surface area contributed by atoms with Crippen LogP contribution in [0.1, 0.15) is 71.8 Å². The van der Waals surface area contributed by atoms with Gasteiger partial charge in [-0.1, -0.05) is 33.1 Å². The fraction of sp³-hybridized carbons (Fsp3) is 0.867. The highest BCUT2D eigenvalue weighted by Crippen LogP contribution is 2.33. The zero-order valence-electron chi connectivity index (χ0n) is 13.1. The fourth-order valence-corrected chi connectivity index (χ4v) is 3.33. The molecule has 1 aliphatic carbocycles. The average Bonchev–Trinajstić information content (AvgIpc) is 3.08. The second kappa shape index (κ2) is 7.25. The van der Waals surface area contributed by atoms with Gasteiger partial charge in [0.25, 0.3) is 0 Å². The van der Waals surface area contributed by atoms with E-state index in [4.69, 9.17) is 12.2 Å². The minimum absolute atomic E-state index is 0.506. The fourth-order valence-electron chi connectivity index (χ4n) is 3.06. The number of rotatable bonds is 7. The predicted octanol–water partition coefficient (Wildman–Crippen LogP) is 4.46. The molecule has 1 heterocycles. The number of H-pyrrole nitrogens is 1. The molecule has 1 aromatic heterocycles. The Labute approximate surface area is 127 Å².